The molecule has 7 nitrogen and oxygen atoms in total. The van der Waals surface area contributed by atoms with E-state index in [1.54, 1.807) is 26.4 Å². The van der Waals surface area contributed by atoms with Gasteiger partial charge in [0, 0.05) is 15.8 Å². The Morgan fingerprint density at radius 2 is 1.77 bits per heavy atom. The van der Waals surface area contributed by atoms with Gasteiger partial charge in [0.2, 0.25) is 0 Å². The Labute approximate surface area is 206 Å². The fraction of sp³-hybridized carbons (Fsp3) is 0.222. The number of aryl methyl sites for hydroxylation is 1. The zero-order valence-corrected chi connectivity index (χ0v) is 20.3. The molecule has 8 heteroatoms. The first-order chi connectivity index (χ1) is 17.0. The average molecular weight is 488 g/mol. The number of carbonyl (C=O) groups is 2. The van der Waals surface area contributed by atoms with Crippen molar-refractivity contribution >= 4 is 39.1 Å². The summed E-state index contributed by atoms with van der Waals surface area (Å²) in [6, 6.07) is 14.8. The molecule has 0 radical (unpaired) electrons. The van der Waals surface area contributed by atoms with Gasteiger partial charge in [-0.3, -0.25) is 9.59 Å². The van der Waals surface area contributed by atoms with Gasteiger partial charge >= 0.3 is 0 Å². The van der Waals surface area contributed by atoms with Crippen LogP contribution in [0.3, 0.4) is 0 Å². The number of aromatic nitrogens is 1. The molecule has 0 aliphatic heterocycles. The molecule has 0 saturated heterocycles. The summed E-state index contributed by atoms with van der Waals surface area (Å²) in [7, 11) is 3.16. The Morgan fingerprint density at radius 3 is 2.54 bits per heavy atom. The fourth-order valence-corrected chi connectivity index (χ4v) is 5.88. The largest absolute Gasteiger partial charge is 0.493 e. The van der Waals surface area contributed by atoms with Crippen LogP contribution in [0.15, 0.2) is 48.5 Å². The van der Waals surface area contributed by atoms with E-state index < -0.39 is 5.91 Å². The van der Waals surface area contributed by atoms with E-state index in [0.29, 0.717) is 38.8 Å². The van der Waals surface area contributed by atoms with Crippen molar-refractivity contribution in [3.05, 3.63) is 70.1 Å². The smallest absolute Gasteiger partial charge is 0.257 e. The van der Waals surface area contributed by atoms with Gasteiger partial charge in [-0.1, -0.05) is 18.2 Å². The van der Waals surface area contributed by atoms with Crippen molar-refractivity contribution in [2.75, 3.05) is 19.5 Å². The van der Waals surface area contributed by atoms with E-state index in [9.17, 15) is 9.59 Å². The van der Waals surface area contributed by atoms with Crippen molar-refractivity contribution in [2.45, 2.75) is 25.7 Å². The standard InChI is InChI=1S/C27H25N3O4S/c1-33-21-12-11-15(13-22(21)34-2)20-14-18(16-7-3-5-9-19(16)29-20)26(32)30-27-24(25(28)31)17-8-4-6-10-23(17)35-27/h3,5,7,9,11-14H,4,6,8,10H2,1-2H3,(H2,28,31)(H,30,32). The molecule has 0 atom stereocenters. The second-order valence-corrected chi connectivity index (χ2v) is 9.48. The summed E-state index contributed by atoms with van der Waals surface area (Å²) in [6.45, 7) is 0. The van der Waals surface area contributed by atoms with Crippen LogP contribution < -0.4 is 20.5 Å². The van der Waals surface area contributed by atoms with Gasteiger partial charge < -0.3 is 20.5 Å². The zero-order valence-electron chi connectivity index (χ0n) is 19.5. The molecule has 0 spiro atoms. The summed E-state index contributed by atoms with van der Waals surface area (Å²) < 4.78 is 10.8. The topological polar surface area (TPSA) is 104 Å². The Morgan fingerprint density at radius 1 is 1.00 bits per heavy atom. The highest BCUT2D eigenvalue weighted by Gasteiger charge is 2.26. The maximum Gasteiger partial charge on any atom is 0.257 e. The van der Waals surface area contributed by atoms with Crippen LogP contribution in [0.4, 0.5) is 5.00 Å². The van der Waals surface area contributed by atoms with Gasteiger partial charge in [0.15, 0.2) is 11.5 Å². The summed E-state index contributed by atoms with van der Waals surface area (Å²) >= 11 is 1.45. The average Bonchev–Trinajstić information content (AvgIpc) is 3.25. The highest BCUT2D eigenvalue weighted by atomic mass is 32.1. The number of para-hydroxylation sites is 1. The minimum Gasteiger partial charge on any atom is -0.493 e. The Hall–Kier alpha value is -3.91. The minimum absolute atomic E-state index is 0.313. The van der Waals surface area contributed by atoms with E-state index in [0.717, 1.165) is 47.1 Å². The molecule has 178 valence electrons. The number of benzene rings is 2. The number of methoxy groups -OCH3 is 2. The van der Waals surface area contributed by atoms with Crippen molar-refractivity contribution in [1.82, 2.24) is 4.98 Å². The van der Waals surface area contributed by atoms with Crippen LogP contribution in [-0.4, -0.2) is 31.0 Å². The van der Waals surface area contributed by atoms with E-state index in [1.807, 2.05) is 36.4 Å². The van der Waals surface area contributed by atoms with E-state index in [2.05, 4.69) is 5.32 Å². The van der Waals surface area contributed by atoms with Crippen LogP contribution in [0.5, 0.6) is 11.5 Å². The second-order valence-electron chi connectivity index (χ2n) is 8.38. The first-order valence-electron chi connectivity index (χ1n) is 11.4. The molecule has 3 N–H and O–H groups in total. The van der Waals surface area contributed by atoms with Gasteiger partial charge in [0.25, 0.3) is 11.8 Å². The number of primary amides is 1. The lowest BCUT2D eigenvalue weighted by molar-refractivity contribution is 0.100. The number of rotatable bonds is 6. The lowest BCUT2D eigenvalue weighted by atomic mass is 9.95. The number of fused-ring (bicyclic) bond motifs is 2. The molecule has 2 aromatic heterocycles. The zero-order chi connectivity index (χ0) is 24.5. The highest BCUT2D eigenvalue weighted by Crippen LogP contribution is 2.39. The van der Waals surface area contributed by atoms with E-state index in [1.165, 1.54) is 11.3 Å². The Balaban J connectivity index is 1.59. The first-order valence-corrected chi connectivity index (χ1v) is 12.2. The second kappa shape index (κ2) is 9.38. The molecule has 35 heavy (non-hydrogen) atoms. The predicted octanol–water partition coefficient (Wildman–Crippen LogP) is 5.21. The van der Waals surface area contributed by atoms with Crippen molar-refractivity contribution in [3.63, 3.8) is 0 Å². The normalized spacial score (nSPS) is 12.7. The van der Waals surface area contributed by atoms with Gasteiger partial charge in [-0.25, -0.2) is 4.98 Å². The lowest BCUT2D eigenvalue weighted by Crippen LogP contribution is -2.19. The number of nitrogens with two attached hydrogens (primary N) is 1. The third kappa shape index (κ3) is 4.21. The number of carbonyl (C=O) groups excluding carboxylic acids is 2. The number of hydrogen-bond acceptors (Lipinski definition) is 6. The molecule has 5 rings (SSSR count). The minimum atomic E-state index is -0.509. The van der Waals surface area contributed by atoms with Crippen molar-refractivity contribution < 1.29 is 19.1 Å². The molecule has 2 amide bonds. The third-order valence-electron chi connectivity index (χ3n) is 6.28. The number of nitrogens with zero attached hydrogens (tertiary/aromatic N) is 1. The van der Waals surface area contributed by atoms with E-state index in [4.69, 9.17) is 20.2 Å². The van der Waals surface area contributed by atoms with Crippen LogP contribution in [-0.2, 0) is 12.8 Å². The fourth-order valence-electron chi connectivity index (χ4n) is 4.59. The molecule has 0 fully saturated rings. The molecule has 1 aliphatic carbocycles. The van der Waals surface area contributed by atoms with E-state index >= 15 is 0 Å². The molecule has 2 aromatic carbocycles. The number of nitrogens with one attached hydrogen (secondary N) is 1. The summed E-state index contributed by atoms with van der Waals surface area (Å²) in [4.78, 5) is 31.8. The summed E-state index contributed by atoms with van der Waals surface area (Å²) in [5, 5.41) is 4.22. The third-order valence-corrected chi connectivity index (χ3v) is 7.49. The highest BCUT2D eigenvalue weighted by molar-refractivity contribution is 7.17. The Kier molecular flexibility index (Phi) is 6.13. The summed E-state index contributed by atoms with van der Waals surface area (Å²) in [6.07, 6.45) is 3.79. The predicted molar refractivity (Wildman–Crippen MR) is 138 cm³/mol. The molecule has 2 heterocycles. The number of anilines is 1. The molecule has 1 aliphatic rings. The van der Waals surface area contributed by atoms with Crippen LogP contribution in [0.25, 0.3) is 22.2 Å². The number of thiophene rings is 1. The van der Waals surface area contributed by atoms with Gasteiger partial charge in [-0.2, -0.15) is 0 Å². The van der Waals surface area contributed by atoms with Crippen molar-refractivity contribution in [3.8, 4) is 22.8 Å². The van der Waals surface area contributed by atoms with Crippen LogP contribution in [0, 0.1) is 0 Å². The SMILES string of the molecule is COc1ccc(-c2cc(C(=O)Nc3sc4c(c3C(N)=O)CCCC4)c3ccccc3n2)cc1OC. The van der Waals surface area contributed by atoms with Gasteiger partial charge in [0.05, 0.1) is 36.6 Å². The maximum atomic E-state index is 13.6. The van der Waals surface area contributed by atoms with Crippen LogP contribution in [0.2, 0.25) is 0 Å². The summed E-state index contributed by atoms with van der Waals surface area (Å²) in [5.74, 6) is 0.355. The number of amides is 2. The Bertz CT molecular complexity index is 1460. The molecule has 0 bridgehead atoms. The quantitative estimate of drug-likeness (QED) is 0.389. The maximum absolute atomic E-state index is 13.6. The van der Waals surface area contributed by atoms with E-state index in [-0.39, 0.29) is 5.91 Å². The van der Waals surface area contributed by atoms with Gasteiger partial charge in [0.1, 0.15) is 5.00 Å². The van der Waals surface area contributed by atoms with Crippen LogP contribution >= 0.6 is 11.3 Å². The van der Waals surface area contributed by atoms with Crippen molar-refractivity contribution in [1.29, 1.82) is 0 Å². The summed E-state index contributed by atoms with van der Waals surface area (Å²) in [5.41, 5.74) is 9.70. The molecular weight excluding hydrogens is 462 g/mol. The molecule has 4 aromatic rings. The first kappa shape index (κ1) is 22.9. The molecular formula is C27H25N3O4S. The number of hydrogen-bond donors (Lipinski definition) is 2. The van der Waals surface area contributed by atoms with Gasteiger partial charge in [-0.15, -0.1) is 11.3 Å². The molecule has 0 unspecified atom stereocenters. The van der Waals surface area contributed by atoms with Crippen LogP contribution in [0.1, 0.15) is 44.0 Å². The number of pyridine rings is 1. The lowest BCUT2D eigenvalue weighted by Gasteiger charge is -2.13. The van der Waals surface area contributed by atoms with Gasteiger partial charge in [-0.05, 0) is 61.6 Å². The number of ether oxygens (including phenoxy) is 2. The molecule has 0 saturated carbocycles. The monoisotopic (exact) mass is 487 g/mol. The van der Waals surface area contributed by atoms with Crippen molar-refractivity contribution in [2.24, 2.45) is 5.73 Å².